The van der Waals surface area contributed by atoms with Crippen LogP contribution in [0.2, 0.25) is 0 Å². The van der Waals surface area contributed by atoms with Gasteiger partial charge in [-0.25, -0.2) is 8.42 Å². The third kappa shape index (κ3) is 3.72. The van der Waals surface area contributed by atoms with Crippen molar-refractivity contribution in [2.45, 2.75) is 24.9 Å². The molecule has 27 heavy (non-hydrogen) atoms. The predicted molar refractivity (Wildman–Crippen MR) is 101 cm³/mol. The normalized spacial score (nSPS) is 20.4. The van der Waals surface area contributed by atoms with Gasteiger partial charge in [-0.15, -0.1) is 0 Å². The van der Waals surface area contributed by atoms with E-state index in [4.69, 9.17) is 0 Å². The summed E-state index contributed by atoms with van der Waals surface area (Å²) in [5, 5.41) is 0. The second kappa shape index (κ2) is 6.37. The number of allylic oxidation sites excluding steroid dienone is 4. The maximum absolute atomic E-state index is 13.6. The van der Waals surface area contributed by atoms with Gasteiger partial charge in [-0.1, -0.05) is 54.1 Å². The number of benzene rings is 2. The van der Waals surface area contributed by atoms with Crippen LogP contribution in [0.15, 0.2) is 65.6 Å². The van der Waals surface area contributed by atoms with Crippen LogP contribution in [-0.4, -0.2) is 20.8 Å². The van der Waals surface area contributed by atoms with Gasteiger partial charge in [0.25, 0.3) is 0 Å². The summed E-state index contributed by atoms with van der Waals surface area (Å²) in [5.74, 6) is 0. The van der Waals surface area contributed by atoms with Crippen LogP contribution in [0.1, 0.15) is 23.6 Å². The fraction of sp³-hybridized carbons (Fsp3) is 0.238. The monoisotopic (exact) mass is 392 g/mol. The van der Waals surface area contributed by atoms with E-state index >= 15 is 0 Å². The van der Waals surface area contributed by atoms with E-state index in [1.54, 1.807) is 24.3 Å². The number of alkyl halides is 3. The number of sulfone groups is 1. The number of hydrogen-bond donors (Lipinski definition) is 0. The quantitative estimate of drug-likeness (QED) is 0.696. The number of hydrogen-bond acceptors (Lipinski definition) is 2. The number of aryl methyl sites for hydroxylation is 1. The summed E-state index contributed by atoms with van der Waals surface area (Å²) in [6.07, 6.45) is -0.901. The molecule has 0 aromatic heterocycles. The summed E-state index contributed by atoms with van der Waals surface area (Å²) >= 11 is 0. The standard InChI is InChI=1S/C21H19F3O2S/c1-14-4-6-15(7-5-14)18-12-20(2,21(22,23)24)13-19(18)16-8-10-17(11-9-16)27(3,25)26/h4-13H,1-3H3. The minimum absolute atomic E-state index is 0.129. The lowest BCUT2D eigenvalue weighted by Crippen LogP contribution is -2.30. The molecule has 2 aromatic rings. The van der Waals surface area contributed by atoms with Gasteiger partial charge in [-0.05, 0) is 48.3 Å². The number of halogens is 3. The molecule has 0 saturated heterocycles. The molecular weight excluding hydrogens is 373 g/mol. The molecule has 142 valence electrons. The van der Waals surface area contributed by atoms with Crippen molar-refractivity contribution in [2.75, 3.05) is 6.26 Å². The van der Waals surface area contributed by atoms with Crippen molar-refractivity contribution in [1.82, 2.24) is 0 Å². The van der Waals surface area contributed by atoms with Gasteiger partial charge < -0.3 is 0 Å². The van der Waals surface area contributed by atoms with Crippen molar-refractivity contribution >= 4 is 21.0 Å². The van der Waals surface area contributed by atoms with Crippen LogP contribution in [0, 0.1) is 12.3 Å². The largest absolute Gasteiger partial charge is 0.401 e. The predicted octanol–water partition coefficient (Wildman–Crippen LogP) is 5.45. The van der Waals surface area contributed by atoms with Crippen molar-refractivity contribution < 1.29 is 21.6 Å². The van der Waals surface area contributed by atoms with Gasteiger partial charge in [0, 0.05) is 6.26 Å². The SMILES string of the molecule is Cc1ccc(C2=CC(C)(C(F)(F)F)C=C2c2ccc(S(C)(=O)=O)cc2)cc1. The Bertz CT molecular complexity index is 1030. The Morgan fingerprint density at radius 3 is 1.59 bits per heavy atom. The smallest absolute Gasteiger partial charge is 0.224 e. The topological polar surface area (TPSA) is 34.1 Å². The van der Waals surface area contributed by atoms with Crippen molar-refractivity contribution in [3.05, 3.63) is 77.4 Å². The summed E-state index contributed by atoms with van der Waals surface area (Å²) in [6.45, 7) is 3.05. The summed E-state index contributed by atoms with van der Waals surface area (Å²) in [4.78, 5) is 0.129. The van der Waals surface area contributed by atoms with Gasteiger partial charge in [0.05, 0.1) is 4.90 Å². The first-order chi connectivity index (χ1) is 12.4. The molecule has 0 fully saturated rings. The molecule has 0 saturated carbocycles. The first-order valence-corrected chi connectivity index (χ1v) is 10.2. The summed E-state index contributed by atoms with van der Waals surface area (Å²) in [6, 6.07) is 13.2. The molecular formula is C21H19F3O2S. The third-order valence-corrected chi connectivity index (χ3v) is 5.87. The lowest BCUT2D eigenvalue weighted by molar-refractivity contribution is -0.182. The molecule has 2 nitrogen and oxygen atoms in total. The van der Waals surface area contributed by atoms with Gasteiger partial charge in [-0.3, -0.25) is 0 Å². The Balaban J connectivity index is 2.14. The zero-order chi connectivity index (χ0) is 20.0. The molecule has 0 amide bonds. The summed E-state index contributed by atoms with van der Waals surface area (Å²) in [5.41, 5.74) is 1.09. The highest BCUT2D eigenvalue weighted by Gasteiger charge is 2.51. The Morgan fingerprint density at radius 2 is 1.22 bits per heavy atom. The van der Waals surface area contributed by atoms with Crippen LogP contribution in [0.5, 0.6) is 0 Å². The molecule has 1 atom stereocenters. The lowest BCUT2D eigenvalue weighted by Gasteiger charge is -2.23. The molecule has 3 rings (SSSR count). The van der Waals surface area contributed by atoms with E-state index in [-0.39, 0.29) is 4.90 Å². The Kier molecular flexibility index (Phi) is 4.58. The maximum atomic E-state index is 13.6. The summed E-state index contributed by atoms with van der Waals surface area (Å²) in [7, 11) is -3.37. The van der Waals surface area contributed by atoms with E-state index in [0.717, 1.165) is 18.7 Å². The third-order valence-electron chi connectivity index (χ3n) is 4.75. The van der Waals surface area contributed by atoms with Crippen molar-refractivity contribution in [2.24, 2.45) is 5.41 Å². The fourth-order valence-electron chi connectivity index (χ4n) is 3.05. The highest BCUT2D eigenvalue weighted by Crippen LogP contribution is 2.51. The first-order valence-electron chi connectivity index (χ1n) is 8.31. The Labute approximate surface area is 157 Å². The highest BCUT2D eigenvalue weighted by atomic mass is 32.2. The van der Waals surface area contributed by atoms with Crippen molar-refractivity contribution in [3.63, 3.8) is 0 Å². The Hall–Kier alpha value is -2.34. The molecule has 0 N–H and O–H groups in total. The van der Waals surface area contributed by atoms with E-state index in [2.05, 4.69) is 0 Å². The zero-order valence-corrected chi connectivity index (χ0v) is 15.9. The zero-order valence-electron chi connectivity index (χ0n) is 15.1. The molecule has 1 unspecified atom stereocenters. The molecule has 1 aliphatic carbocycles. The maximum Gasteiger partial charge on any atom is 0.401 e. The van der Waals surface area contributed by atoms with Gasteiger partial charge in [0.15, 0.2) is 9.84 Å². The van der Waals surface area contributed by atoms with Crippen molar-refractivity contribution in [3.8, 4) is 0 Å². The van der Waals surface area contributed by atoms with Crippen LogP contribution >= 0.6 is 0 Å². The van der Waals surface area contributed by atoms with Crippen LogP contribution in [0.3, 0.4) is 0 Å². The van der Waals surface area contributed by atoms with Crippen molar-refractivity contribution in [1.29, 1.82) is 0 Å². The van der Waals surface area contributed by atoms with E-state index in [1.165, 1.54) is 24.3 Å². The van der Waals surface area contributed by atoms with E-state index in [9.17, 15) is 21.6 Å². The average molecular weight is 392 g/mol. The second-order valence-electron chi connectivity index (χ2n) is 7.06. The van der Waals surface area contributed by atoms with Gasteiger partial charge in [0.1, 0.15) is 5.41 Å². The highest BCUT2D eigenvalue weighted by molar-refractivity contribution is 7.90. The first kappa shape index (κ1) is 19.4. The van der Waals surface area contributed by atoms with Gasteiger partial charge >= 0.3 is 6.18 Å². The minimum Gasteiger partial charge on any atom is -0.224 e. The molecule has 0 heterocycles. The minimum atomic E-state index is -4.43. The second-order valence-corrected chi connectivity index (χ2v) is 9.07. The van der Waals surface area contributed by atoms with Crippen LogP contribution in [-0.2, 0) is 9.84 Å². The van der Waals surface area contributed by atoms with Crippen LogP contribution in [0.25, 0.3) is 11.1 Å². The van der Waals surface area contributed by atoms with E-state index < -0.39 is 21.4 Å². The molecule has 0 radical (unpaired) electrons. The fourth-order valence-corrected chi connectivity index (χ4v) is 3.68. The van der Waals surface area contributed by atoms with E-state index in [1.807, 2.05) is 19.1 Å². The number of rotatable bonds is 3. The van der Waals surface area contributed by atoms with Crippen LogP contribution in [0.4, 0.5) is 13.2 Å². The molecule has 0 aliphatic heterocycles. The summed E-state index contributed by atoms with van der Waals surface area (Å²) < 4.78 is 64.2. The molecule has 1 aliphatic rings. The van der Waals surface area contributed by atoms with Gasteiger partial charge in [0.2, 0.25) is 0 Å². The molecule has 6 heteroatoms. The van der Waals surface area contributed by atoms with E-state index in [0.29, 0.717) is 22.3 Å². The molecule has 0 spiro atoms. The lowest BCUT2D eigenvalue weighted by atomic mass is 9.91. The van der Waals surface area contributed by atoms with Crippen LogP contribution < -0.4 is 0 Å². The molecule has 0 bridgehead atoms. The molecule has 2 aromatic carbocycles. The average Bonchev–Trinajstić information content (AvgIpc) is 2.94. The van der Waals surface area contributed by atoms with Gasteiger partial charge in [-0.2, -0.15) is 13.2 Å². The Morgan fingerprint density at radius 1 is 0.815 bits per heavy atom.